The zero-order valence-electron chi connectivity index (χ0n) is 10.2. The van der Waals surface area contributed by atoms with Crippen molar-refractivity contribution in [1.29, 1.82) is 0 Å². The van der Waals surface area contributed by atoms with E-state index < -0.39 is 5.82 Å². The molecule has 0 aliphatic rings. The van der Waals surface area contributed by atoms with Crippen LogP contribution in [0.3, 0.4) is 0 Å². The van der Waals surface area contributed by atoms with Gasteiger partial charge in [-0.3, -0.25) is 0 Å². The third-order valence-electron chi connectivity index (χ3n) is 2.64. The van der Waals surface area contributed by atoms with Gasteiger partial charge in [0.05, 0.1) is 17.0 Å². The molecule has 1 heterocycles. The molecule has 1 aromatic heterocycles. The number of nitrogens with zero attached hydrogens (tertiary/aromatic N) is 3. The first-order valence-corrected chi connectivity index (χ1v) is 7.09. The Hall–Kier alpha value is -0.980. The smallest absolute Gasteiger partial charge is 0.164 e. The minimum Gasteiger partial charge on any atom is -0.383 e. The second kappa shape index (κ2) is 6.45. The highest BCUT2D eigenvalue weighted by molar-refractivity contribution is 9.08. The molecule has 2 rings (SSSR count). The summed E-state index contributed by atoms with van der Waals surface area (Å²) in [6.07, 6.45) is 0. The molecular weight excluding hydrogens is 337 g/mol. The van der Waals surface area contributed by atoms with Gasteiger partial charge in [-0.15, -0.1) is 10.2 Å². The highest BCUT2D eigenvalue weighted by atomic mass is 79.9. The molecule has 7 heteroatoms. The number of aromatic nitrogens is 3. The molecule has 2 aromatic rings. The van der Waals surface area contributed by atoms with E-state index in [9.17, 15) is 4.39 Å². The average Bonchev–Trinajstić information content (AvgIpc) is 2.82. The van der Waals surface area contributed by atoms with Crippen molar-refractivity contribution >= 4 is 27.5 Å². The fourth-order valence-electron chi connectivity index (χ4n) is 1.70. The maximum Gasteiger partial charge on any atom is 0.164 e. The number of rotatable bonds is 5. The van der Waals surface area contributed by atoms with Crippen LogP contribution in [0.2, 0.25) is 5.02 Å². The molecule has 0 fully saturated rings. The van der Waals surface area contributed by atoms with E-state index in [1.165, 1.54) is 6.07 Å². The highest BCUT2D eigenvalue weighted by Gasteiger charge is 2.14. The lowest BCUT2D eigenvalue weighted by Crippen LogP contribution is -2.09. The zero-order valence-corrected chi connectivity index (χ0v) is 12.6. The van der Waals surface area contributed by atoms with Crippen LogP contribution in [0, 0.1) is 5.82 Å². The Morgan fingerprint density at radius 1 is 1.42 bits per heavy atom. The highest BCUT2D eigenvalue weighted by Crippen LogP contribution is 2.24. The summed E-state index contributed by atoms with van der Waals surface area (Å²) in [7, 11) is 1.63. The molecule has 0 saturated heterocycles. The van der Waals surface area contributed by atoms with E-state index >= 15 is 0 Å². The summed E-state index contributed by atoms with van der Waals surface area (Å²) in [5.74, 6) is 0.981. The van der Waals surface area contributed by atoms with E-state index in [1.807, 2.05) is 4.57 Å². The van der Waals surface area contributed by atoms with Crippen LogP contribution in [0.25, 0.3) is 11.4 Å². The van der Waals surface area contributed by atoms with E-state index in [2.05, 4.69) is 26.1 Å². The summed E-state index contributed by atoms with van der Waals surface area (Å²) in [5.41, 5.74) is 0.724. The van der Waals surface area contributed by atoms with Crippen molar-refractivity contribution in [3.63, 3.8) is 0 Å². The van der Waals surface area contributed by atoms with E-state index in [0.717, 1.165) is 11.4 Å². The fraction of sp³-hybridized carbons (Fsp3) is 0.333. The van der Waals surface area contributed by atoms with Crippen LogP contribution in [0.15, 0.2) is 18.2 Å². The minimum absolute atomic E-state index is 0.0687. The maximum absolute atomic E-state index is 13.2. The number of hydrogen-bond acceptors (Lipinski definition) is 3. The first-order valence-electron chi connectivity index (χ1n) is 5.59. The maximum atomic E-state index is 13.2. The van der Waals surface area contributed by atoms with Gasteiger partial charge < -0.3 is 9.30 Å². The Bertz CT molecular complexity index is 576. The van der Waals surface area contributed by atoms with E-state index in [-0.39, 0.29) is 5.02 Å². The monoisotopic (exact) mass is 347 g/mol. The molecule has 0 radical (unpaired) electrons. The Morgan fingerprint density at radius 2 is 2.21 bits per heavy atom. The number of alkyl halides is 1. The Balaban J connectivity index is 2.42. The van der Waals surface area contributed by atoms with Crippen LogP contribution < -0.4 is 0 Å². The molecule has 19 heavy (non-hydrogen) atoms. The van der Waals surface area contributed by atoms with Gasteiger partial charge in [0.1, 0.15) is 11.6 Å². The Kier molecular flexibility index (Phi) is 4.90. The molecule has 0 N–H and O–H groups in total. The lowest BCUT2D eigenvalue weighted by Gasteiger charge is -2.09. The normalized spacial score (nSPS) is 10.9. The lowest BCUT2D eigenvalue weighted by molar-refractivity contribution is 0.187. The summed E-state index contributed by atoms with van der Waals surface area (Å²) in [6.45, 7) is 1.16. The topological polar surface area (TPSA) is 39.9 Å². The fourth-order valence-corrected chi connectivity index (χ4v) is 2.30. The Morgan fingerprint density at radius 3 is 2.84 bits per heavy atom. The van der Waals surface area contributed by atoms with Crippen LogP contribution in [0.1, 0.15) is 5.82 Å². The van der Waals surface area contributed by atoms with Gasteiger partial charge in [0.25, 0.3) is 0 Å². The van der Waals surface area contributed by atoms with Gasteiger partial charge in [0.2, 0.25) is 0 Å². The van der Waals surface area contributed by atoms with E-state index in [0.29, 0.717) is 24.3 Å². The lowest BCUT2D eigenvalue weighted by atomic mass is 10.2. The molecule has 0 unspecified atom stereocenters. The standard InChI is InChI=1S/C12H12BrClFN3O/c1-19-5-4-18-11(7-13)16-17-12(18)8-2-3-10(15)9(14)6-8/h2-3,6H,4-5,7H2,1H3. The number of hydrogen-bond donors (Lipinski definition) is 0. The number of methoxy groups -OCH3 is 1. The SMILES string of the molecule is COCCn1c(CBr)nnc1-c1ccc(F)c(Cl)c1. The van der Waals surface area contributed by atoms with Crippen molar-refractivity contribution in [3.05, 3.63) is 34.9 Å². The van der Waals surface area contributed by atoms with Crippen molar-refractivity contribution in [1.82, 2.24) is 14.8 Å². The number of halogens is 3. The van der Waals surface area contributed by atoms with Crippen LogP contribution in [-0.4, -0.2) is 28.5 Å². The summed E-state index contributed by atoms with van der Waals surface area (Å²) < 4.78 is 20.2. The predicted octanol–water partition coefficient (Wildman–Crippen LogP) is 3.28. The number of benzene rings is 1. The molecule has 102 valence electrons. The first-order chi connectivity index (χ1) is 9.17. The average molecular weight is 349 g/mol. The molecule has 0 aliphatic carbocycles. The summed E-state index contributed by atoms with van der Waals surface area (Å²) in [6, 6.07) is 4.50. The second-order valence-corrected chi connectivity index (χ2v) is 4.81. The van der Waals surface area contributed by atoms with Gasteiger partial charge in [0, 0.05) is 19.2 Å². The molecule has 0 aliphatic heterocycles. The molecule has 0 atom stereocenters. The van der Waals surface area contributed by atoms with Gasteiger partial charge in [-0.05, 0) is 18.2 Å². The summed E-state index contributed by atoms with van der Waals surface area (Å²) in [4.78, 5) is 0. The third kappa shape index (κ3) is 3.13. The number of ether oxygens (including phenoxy) is 1. The van der Waals surface area contributed by atoms with Crippen LogP contribution in [0.4, 0.5) is 4.39 Å². The molecular formula is C12H12BrClFN3O. The first kappa shape index (κ1) is 14.4. The molecule has 4 nitrogen and oxygen atoms in total. The van der Waals surface area contributed by atoms with Crippen molar-refractivity contribution in [2.75, 3.05) is 13.7 Å². The van der Waals surface area contributed by atoms with Crippen LogP contribution in [0.5, 0.6) is 0 Å². The van der Waals surface area contributed by atoms with E-state index in [1.54, 1.807) is 19.2 Å². The molecule has 1 aromatic carbocycles. The summed E-state index contributed by atoms with van der Waals surface area (Å²) in [5, 5.41) is 8.87. The minimum atomic E-state index is -0.450. The van der Waals surface area contributed by atoms with Crippen molar-refractivity contribution in [3.8, 4) is 11.4 Å². The largest absolute Gasteiger partial charge is 0.383 e. The van der Waals surface area contributed by atoms with Crippen LogP contribution >= 0.6 is 27.5 Å². The van der Waals surface area contributed by atoms with Crippen molar-refractivity contribution < 1.29 is 9.13 Å². The summed E-state index contributed by atoms with van der Waals surface area (Å²) >= 11 is 9.16. The van der Waals surface area contributed by atoms with Crippen molar-refractivity contribution in [2.24, 2.45) is 0 Å². The van der Waals surface area contributed by atoms with Gasteiger partial charge in [-0.1, -0.05) is 27.5 Å². The van der Waals surface area contributed by atoms with E-state index in [4.69, 9.17) is 16.3 Å². The van der Waals surface area contributed by atoms with Gasteiger partial charge in [0.15, 0.2) is 5.82 Å². The predicted molar refractivity (Wildman–Crippen MR) is 74.9 cm³/mol. The van der Waals surface area contributed by atoms with Crippen molar-refractivity contribution in [2.45, 2.75) is 11.9 Å². The Labute approximate surface area is 123 Å². The molecule has 0 spiro atoms. The molecule has 0 amide bonds. The van der Waals surface area contributed by atoms with Gasteiger partial charge in [-0.25, -0.2) is 4.39 Å². The molecule has 0 saturated carbocycles. The van der Waals surface area contributed by atoms with Gasteiger partial charge >= 0.3 is 0 Å². The third-order valence-corrected chi connectivity index (χ3v) is 3.43. The van der Waals surface area contributed by atoms with Crippen LogP contribution in [-0.2, 0) is 16.6 Å². The van der Waals surface area contributed by atoms with Gasteiger partial charge in [-0.2, -0.15) is 0 Å². The quantitative estimate of drug-likeness (QED) is 0.779. The zero-order chi connectivity index (χ0) is 13.8. The second-order valence-electron chi connectivity index (χ2n) is 3.85. The molecule has 0 bridgehead atoms.